The molecule has 1 amide bonds. The number of amides is 1. The second-order valence-corrected chi connectivity index (χ2v) is 7.30. The lowest BCUT2D eigenvalue weighted by Gasteiger charge is -2.22. The van der Waals surface area contributed by atoms with Gasteiger partial charge in [-0.05, 0) is 17.9 Å². The van der Waals surface area contributed by atoms with Gasteiger partial charge in [0, 0.05) is 57.8 Å². The van der Waals surface area contributed by atoms with Gasteiger partial charge in [0.2, 0.25) is 0 Å². The van der Waals surface area contributed by atoms with Crippen LogP contribution in [-0.2, 0) is 20.6 Å². The molecule has 0 bridgehead atoms. The Labute approximate surface area is 149 Å². The third kappa shape index (κ3) is 3.74. The maximum absolute atomic E-state index is 12.8. The van der Waals surface area contributed by atoms with E-state index in [9.17, 15) is 14.4 Å². The predicted octanol–water partition coefficient (Wildman–Crippen LogP) is 0.494. The van der Waals surface area contributed by atoms with E-state index in [4.69, 9.17) is 0 Å². The number of hydrogen-bond acceptors (Lipinski definition) is 5. The molecule has 25 heavy (non-hydrogen) atoms. The van der Waals surface area contributed by atoms with Gasteiger partial charge in [-0.25, -0.2) is 4.79 Å². The van der Waals surface area contributed by atoms with Crippen molar-refractivity contribution in [3.05, 3.63) is 55.0 Å². The van der Waals surface area contributed by atoms with Gasteiger partial charge in [-0.2, -0.15) is 0 Å². The zero-order chi connectivity index (χ0) is 18.0. The standard InChI is InChI=1S/C17H22N4O3S/c1-18-14(11-15(22)19(2)17(18)24)16(23)21-7-4-6-20(8-9-21)12-13-5-3-10-25-13/h3,5,10-11H,4,6-9,12H2,1-2H3. The van der Waals surface area contributed by atoms with Crippen LogP contribution in [0.3, 0.4) is 0 Å². The van der Waals surface area contributed by atoms with Gasteiger partial charge < -0.3 is 4.90 Å². The Kier molecular flexibility index (Phi) is 5.19. The van der Waals surface area contributed by atoms with Gasteiger partial charge in [0.05, 0.1) is 0 Å². The molecule has 2 aromatic heterocycles. The Balaban J connectivity index is 1.73. The molecular weight excluding hydrogens is 340 g/mol. The lowest BCUT2D eigenvalue weighted by Crippen LogP contribution is -2.43. The molecule has 7 nitrogen and oxygen atoms in total. The van der Waals surface area contributed by atoms with Crippen molar-refractivity contribution < 1.29 is 4.79 Å². The molecule has 0 saturated carbocycles. The van der Waals surface area contributed by atoms with Crippen molar-refractivity contribution in [3.63, 3.8) is 0 Å². The molecule has 1 saturated heterocycles. The number of carbonyl (C=O) groups excluding carboxylic acids is 1. The highest BCUT2D eigenvalue weighted by Crippen LogP contribution is 2.14. The van der Waals surface area contributed by atoms with E-state index in [0.29, 0.717) is 13.1 Å². The van der Waals surface area contributed by atoms with Crippen molar-refractivity contribution in [1.82, 2.24) is 18.9 Å². The summed E-state index contributed by atoms with van der Waals surface area (Å²) in [7, 11) is 2.93. The molecule has 0 unspecified atom stereocenters. The molecular formula is C17H22N4O3S. The first-order valence-corrected chi connectivity index (χ1v) is 9.16. The fourth-order valence-corrected chi connectivity index (χ4v) is 3.80. The van der Waals surface area contributed by atoms with Crippen LogP contribution in [0.25, 0.3) is 0 Å². The largest absolute Gasteiger partial charge is 0.336 e. The highest BCUT2D eigenvalue weighted by Gasteiger charge is 2.23. The van der Waals surface area contributed by atoms with Gasteiger partial charge in [0.25, 0.3) is 11.5 Å². The Hall–Kier alpha value is -2.19. The van der Waals surface area contributed by atoms with Crippen LogP contribution in [-0.4, -0.2) is 51.0 Å². The first-order chi connectivity index (χ1) is 12.0. The van der Waals surface area contributed by atoms with Crippen LogP contribution in [0.1, 0.15) is 21.8 Å². The van der Waals surface area contributed by atoms with E-state index < -0.39 is 11.2 Å². The lowest BCUT2D eigenvalue weighted by atomic mass is 10.3. The molecule has 0 radical (unpaired) electrons. The van der Waals surface area contributed by atoms with Gasteiger partial charge in [0.1, 0.15) is 5.69 Å². The van der Waals surface area contributed by atoms with E-state index in [1.165, 1.54) is 29.6 Å². The van der Waals surface area contributed by atoms with Gasteiger partial charge >= 0.3 is 5.69 Å². The molecule has 1 aliphatic rings. The molecule has 0 atom stereocenters. The van der Waals surface area contributed by atoms with Crippen molar-refractivity contribution in [2.24, 2.45) is 14.1 Å². The molecule has 3 heterocycles. The van der Waals surface area contributed by atoms with Crippen LogP contribution in [0.4, 0.5) is 0 Å². The average molecular weight is 362 g/mol. The summed E-state index contributed by atoms with van der Waals surface area (Å²) in [5, 5.41) is 2.07. The summed E-state index contributed by atoms with van der Waals surface area (Å²) in [6, 6.07) is 5.41. The highest BCUT2D eigenvalue weighted by molar-refractivity contribution is 7.09. The minimum atomic E-state index is -0.481. The minimum Gasteiger partial charge on any atom is -0.336 e. The number of nitrogens with zero attached hydrogens (tertiary/aromatic N) is 4. The average Bonchev–Trinajstić information content (AvgIpc) is 3.00. The monoisotopic (exact) mass is 362 g/mol. The van der Waals surface area contributed by atoms with Crippen LogP contribution >= 0.6 is 11.3 Å². The molecule has 0 spiro atoms. The fraction of sp³-hybridized carbons (Fsp3) is 0.471. The summed E-state index contributed by atoms with van der Waals surface area (Å²) in [4.78, 5) is 42.1. The van der Waals surface area contributed by atoms with Crippen molar-refractivity contribution in [1.29, 1.82) is 0 Å². The molecule has 1 aliphatic heterocycles. The SMILES string of the molecule is Cn1c(C(=O)N2CCCN(Cc3cccs3)CC2)cc(=O)n(C)c1=O. The van der Waals surface area contributed by atoms with E-state index in [2.05, 4.69) is 16.3 Å². The third-order valence-electron chi connectivity index (χ3n) is 4.58. The van der Waals surface area contributed by atoms with Crippen molar-refractivity contribution in [3.8, 4) is 0 Å². The predicted molar refractivity (Wildman–Crippen MR) is 97.0 cm³/mol. The lowest BCUT2D eigenvalue weighted by molar-refractivity contribution is 0.0749. The Bertz CT molecular complexity index is 869. The molecule has 134 valence electrons. The summed E-state index contributed by atoms with van der Waals surface area (Å²) in [6.07, 6.45) is 0.871. The fourth-order valence-electron chi connectivity index (χ4n) is 3.06. The van der Waals surface area contributed by atoms with E-state index >= 15 is 0 Å². The second-order valence-electron chi connectivity index (χ2n) is 6.27. The van der Waals surface area contributed by atoms with Crippen LogP contribution in [0, 0.1) is 0 Å². The normalized spacial score (nSPS) is 16.0. The topological polar surface area (TPSA) is 67.6 Å². The maximum atomic E-state index is 12.8. The van der Waals surface area contributed by atoms with E-state index in [1.54, 1.807) is 16.2 Å². The summed E-state index contributed by atoms with van der Waals surface area (Å²) in [6.45, 7) is 3.82. The van der Waals surface area contributed by atoms with Gasteiger partial charge in [-0.1, -0.05) is 6.07 Å². The number of thiophene rings is 1. The van der Waals surface area contributed by atoms with Crippen LogP contribution < -0.4 is 11.2 Å². The first-order valence-electron chi connectivity index (χ1n) is 8.28. The van der Waals surface area contributed by atoms with Gasteiger partial charge in [0.15, 0.2) is 0 Å². The zero-order valence-corrected chi connectivity index (χ0v) is 15.3. The van der Waals surface area contributed by atoms with Crippen molar-refractivity contribution in [2.45, 2.75) is 13.0 Å². The van der Waals surface area contributed by atoms with E-state index in [0.717, 1.165) is 30.6 Å². The summed E-state index contributed by atoms with van der Waals surface area (Å²) in [5.74, 6) is -0.254. The number of aromatic nitrogens is 2. The Morgan fingerprint density at radius 1 is 1.12 bits per heavy atom. The molecule has 0 N–H and O–H groups in total. The summed E-state index contributed by atoms with van der Waals surface area (Å²) < 4.78 is 2.25. The van der Waals surface area contributed by atoms with Crippen molar-refractivity contribution >= 4 is 17.2 Å². The molecule has 0 aliphatic carbocycles. The quantitative estimate of drug-likeness (QED) is 0.797. The first kappa shape index (κ1) is 17.6. The van der Waals surface area contributed by atoms with Crippen molar-refractivity contribution in [2.75, 3.05) is 26.2 Å². The van der Waals surface area contributed by atoms with Gasteiger partial charge in [-0.15, -0.1) is 11.3 Å². The highest BCUT2D eigenvalue weighted by atomic mass is 32.1. The molecule has 8 heteroatoms. The Morgan fingerprint density at radius 2 is 1.92 bits per heavy atom. The maximum Gasteiger partial charge on any atom is 0.331 e. The smallest absolute Gasteiger partial charge is 0.331 e. The molecule has 2 aromatic rings. The zero-order valence-electron chi connectivity index (χ0n) is 14.5. The number of rotatable bonds is 3. The van der Waals surface area contributed by atoms with E-state index in [-0.39, 0.29) is 11.6 Å². The summed E-state index contributed by atoms with van der Waals surface area (Å²) >= 11 is 1.74. The Morgan fingerprint density at radius 3 is 2.64 bits per heavy atom. The van der Waals surface area contributed by atoms with Gasteiger partial charge in [-0.3, -0.25) is 23.6 Å². The van der Waals surface area contributed by atoms with E-state index in [1.807, 2.05) is 6.07 Å². The third-order valence-corrected chi connectivity index (χ3v) is 5.44. The van der Waals surface area contributed by atoms with Crippen LogP contribution in [0.2, 0.25) is 0 Å². The number of hydrogen-bond donors (Lipinski definition) is 0. The second kappa shape index (κ2) is 7.37. The minimum absolute atomic E-state index is 0.153. The number of carbonyl (C=O) groups is 1. The molecule has 3 rings (SSSR count). The van der Waals surface area contributed by atoms with Crippen LogP contribution in [0.15, 0.2) is 33.2 Å². The molecule has 0 aromatic carbocycles. The molecule has 1 fully saturated rings. The van der Waals surface area contributed by atoms with Crippen LogP contribution in [0.5, 0.6) is 0 Å². The summed E-state index contributed by atoms with van der Waals surface area (Å²) in [5.41, 5.74) is -0.787.